The Morgan fingerprint density at radius 2 is 0.455 bits per heavy atom. The van der Waals surface area contributed by atoms with Gasteiger partial charge in [-0.25, -0.2) is 0 Å². The monoisotopic (exact) mass is 1120 g/mol. The molecule has 0 fully saturated rings. The molecule has 2 aromatic heterocycles. The molecule has 18 rings (SSSR count). The molecule has 412 valence electrons. The second-order valence-electron chi connectivity index (χ2n) is 23.4. The average Bonchev–Trinajstić information content (AvgIpc) is 1.57. The maximum atomic E-state index is 7.05. The zero-order valence-corrected chi connectivity index (χ0v) is 47.9. The molecule has 0 N–H and O–H groups in total. The lowest BCUT2D eigenvalue weighted by Crippen LogP contribution is -2.28. The number of hydrogen-bond donors (Lipinski definition) is 0. The van der Waals surface area contributed by atoms with E-state index in [-0.39, 0.29) is 0 Å². The van der Waals surface area contributed by atoms with Crippen molar-refractivity contribution in [3.8, 4) is 22.3 Å². The van der Waals surface area contributed by atoms with Gasteiger partial charge in [-0.1, -0.05) is 218 Å². The highest BCUT2D eigenvalue weighted by atomic mass is 16.3. The number of anilines is 6. The van der Waals surface area contributed by atoms with Gasteiger partial charge in [0, 0.05) is 78.6 Å². The first-order valence-electron chi connectivity index (χ1n) is 30.3. The number of hydrogen-bond acceptors (Lipinski definition) is 4. The third-order valence-electron chi connectivity index (χ3n) is 19.0. The highest BCUT2D eigenvalue weighted by Gasteiger charge is 2.47. The van der Waals surface area contributed by atoms with Gasteiger partial charge in [-0.3, -0.25) is 0 Å². The van der Waals surface area contributed by atoms with E-state index in [4.69, 9.17) is 8.83 Å². The van der Waals surface area contributed by atoms with Crippen LogP contribution in [0.2, 0.25) is 0 Å². The summed E-state index contributed by atoms with van der Waals surface area (Å²) in [6, 6.07) is 119. The molecule has 2 heterocycles. The standard InChI is InChI=1S/C84H54N2O2/c1-5-21-55(22-6-1)83(75-33-17-13-29-65(75)66-30-14-18-34-76(66)83)57-37-41-61(42-38-57)85(59-25-9-3-10-26-59)63-45-47-69-71-49-51-74-73(81(71)87-79(69)53-63)52-50-72-70-48-46-64(54-80(70)88-82(72)74)86(60-27-11-4-12-28-60)62-43-39-58(40-44-62)84(56-23-7-2-8-24-56)77-35-19-15-31-67(77)68-32-16-20-36-78(68)84/h1-54H. The lowest BCUT2D eigenvalue weighted by molar-refractivity contribution is 0.669. The number of rotatable bonds is 10. The van der Waals surface area contributed by atoms with Crippen molar-refractivity contribution in [3.05, 3.63) is 372 Å². The van der Waals surface area contributed by atoms with Crippen LogP contribution in [0.1, 0.15) is 44.5 Å². The summed E-state index contributed by atoms with van der Waals surface area (Å²) in [4.78, 5) is 4.66. The predicted octanol–water partition coefficient (Wildman–Crippen LogP) is 22.3. The van der Waals surface area contributed by atoms with Gasteiger partial charge >= 0.3 is 0 Å². The Morgan fingerprint density at radius 3 is 0.795 bits per heavy atom. The van der Waals surface area contributed by atoms with Gasteiger partial charge in [-0.2, -0.15) is 0 Å². The Hall–Kier alpha value is -11.5. The van der Waals surface area contributed by atoms with Crippen molar-refractivity contribution in [3.63, 3.8) is 0 Å². The molecule has 0 saturated heterocycles. The third-order valence-corrected chi connectivity index (χ3v) is 19.0. The molecule has 0 radical (unpaired) electrons. The lowest BCUT2D eigenvalue weighted by Gasteiger charge is -2.34. The molecular weight excluding hydrogens is 1070 g/mol. The first-order valence-corrected chi connectivity index (χ1v) is 30.3. The van der Waals surface area contributed by atoms with Gasteiger partial charge in [0.05, 0.1) is 10.8 Å². The van der Waals surface area contributed by atoms with Gasteiger partial charge in [0.2, 0.25) is 0 Å². The fourth-order valence-corrected chi connectivity index (χ4v) is 15.3. The largest absolute Gasteiger partial charge is 0.455 e. The van der Waals surface area contributed by atoms with Crippen molar-refractivity contribution in [2.75, 3.05) is 9.80 Å². The summed E-state index contributed by atoms with van der Waals surface area (Å²) in [6.45, 7) is 0. The van der Waals surface area contributed by atoms with Crippen LogP contribution in [-0.4, -0.2) is 0 Å². The van der Waals surface area contributed by atoms with Crippen molar-refractivity contribution < 1.29 is 8.83 Å². The minimum Gasteiger partial charge on any atom is -0.455 e. The van der Waals surface area contributed by atoms with Crippen LogP contribution < -0.4 is 9.80 Å². The number of furan rings is 2. The van der Waals surface area contributed by atoms with Gasteiger partial charge in [0.1, 0.15) is 22.3 Å². The summed E-state index contributed by atoms with van der Waals surface area (Å²) in [7, 11) is 0. The van der Waals surface area contributed by atoms with E-state index in [0.29, 0.717) is 0 Å². The summed E-state index contributed by atoms with van der Waals surface area (Å²) >= 11 is 0. The van der Waals surface area contributed by atoms with Gasteiger partial charge in [-0.05, 0) is 164 Å². The normalized spacial score (nSPS) is 13.4. The van der Waals surface area contributed by atoms with E-state index in [1.807, 2.05) is 0 Å². The smallest absolute Gasteiger partial charge is 0.143 e. The maximum absolute atomic E-state index is 7.05. The van der Waals surface area contributed by atoms with Crippen molar-refractivity contribution in [2.24, 2.45) is 0 Å². The predicted molar refractivity (Wildman–Crippen MR) is 362 cm³/mol. The fraction of sp³-hybridized carbons (Fsp3) is 0.0238. The van der Waals surface area contributed by atoms with Crippen LogP contribution in [0.15, 0.2) is 336 Å². The van der Waals surface area contributed by atoms with Crippen LogP contribution in [0.4, 0.5) is 34.1 Å². The molecule has 0 amide bonds. The molecule has 4 nitrogen and oxygen atoms in total. The summed E-state index contributed by atoms with van der Waals surface area (Å²) in [5.41, 5.74) is 23.8. The Bertz CT molecular complexity index is 4950. The molecule has 0 atom stereocenters. The second kappa shape index (κ2) is 19.5. The number of nitrogens with zero attached hydrogens (tertiary/aromatic N) is 2. The lowest BCUT2D eigenvalue weighted by atomic mass is 9.68. The van der Waals surface area contributed by atoms with E-state index >= 15 is 0 Å². The highest BCUT2D eigenvalue weighted by molar-refractivity contribution is 6.23. The number of para-hydroxylation sites is 2. The van der Waals surface area contributed by atoms with E-state index in [1.165, 1.54) is 66.8 Å². The quantitative estimate of drug-likeness (QED) is 0.137. The SMILES string of the molecule is c1ccc(N(c2ccc(C3(c4ccccc4)c4ccccc4-c4ccccc43)cc2)c2ccc3c(c2)oc2c3ccc3c2ccc2c4ccc(N(c5ccccc5)c5ccc(C6(c7ccccc7)c7ccccc7-c7ccccc76)cc5)cc4oc23)cc1. The minimum atomic E-state index is -0.485. The number of benzene rings is 14. The molecular formula is C84H54N2O2. The minimum absolute atomic E-state index is 0.485. The fourth-order valence-electron chi connectivity index (χ4n) is 15.3. The molecule has 2 aliphatic rings. The number of fused-ring (bicyclic) bond motifs is 15. The van der Waals surface area contributed by atoms with Gasteiger partial charge in [0.25, 0.3) is 0 Å². The van der Waals surface area contributed by atoms with E-state index in [2.05, 4.69) is 337 Å². The second-order valence-corrected chi connectivity index (χ2v) is 23.4. The average molecular weight is 1120 g/mol. The molecule has 0 unspecified atom stereocenters. The maximum Gasteiger partial charge on any atom is 0.143 e. The molecule has 16 aromatic rings. The molecule has 4 heteroatoms. The summed E-state index contributed by atoms with van der Waals surface area (Å²) < 4.78 is 14.1. The zero-order valence-electron chi connectivity index (χ0n) is 47.9. The van der Waals surface area contributed by atoms with Gasteiger partial charge < -0.3 is 18.6 Å². The first kappa shape index (κ1) is 49.9. The Labute approximate surface area is 509 Å². The zero-order chi connectivity index (χ0) is 57.9. The topological polar surface area (TPSA) is 32.8 Å². The van der Waals surface area contributed by atoms with Crippen LogP contribution >= 0.6 is 0 Å². The Morgan fingerprint density at radius 1 is 0.205 bits per heavy atom. The van der Waals surface area contributed by atoms with Gasteiger partial charge in [0.15, 0.2) is 0 Å². The molecule has 0 bridgehead atoms. The van der Waals surface area contributed by atoms with Crippen LogP contribution in [0.25, 0.3) is 76.9 Å². The molecule has 2 aliphatic carbocycles. The van der Waals surface area contributed by atoms with Crippen molar-refractivity contribution in [1.82, 2.24) is 0 Å². The van der Waals surface area contributed by atoms with E-state index in [1.54, 1.807) is 0 Å². The van der Waals surface area contributed by atoms with Crippen molar-refractivity contribution >= 4 is 88.8 Å². The molecule has 0 saturated carbocycles. The summed E-state index contributed by atoms with van der Waals surface area (Å²) in [6.07, 6.45) is 0. The third kappa shape index (κ3) is 7.20. The van der Waals surface area contributed by atoms with E-state index in [9.17, 15) is 0 Å². The van der Waals surface area contributed by atoms with Gasteiger partial charge in [-0.15, -0.1) is 0 Å². The highest BCUT2D eigenvalue weighted by Crippen LogP contribution is 2.58. The van der Waals surface area contributed by atoms with Crippen LogP contribution in [0.5, 0.6) is 0 Å². The van der Waals surface area contributed by atoms with E-state index < -0.39 is 10.8 Å². The van der Waals surface area contributed by atoms with Crippen molar-refractivity contribution in [1.29, 1.82) is 0 Å². The molecule has 14 aromatic carbocycles. The van der Waals surface area contributed by atoms with Crippen LogP contribution in [-0.2, 0) is 10.8 Å². The Kier molecular flexibility index (Phi) is 11.1. The van der Waals surface area contributed by atoms with Crippen molar-refractivity contribution in [2.45, 2.75) is 10.8 Å². The molecule has 0 aliphatic heterocycles. The molecule has 88 heavy (non-hydrogen) atoms. The first-order chi connectivity index (χ1) is 43.6. The molecule has 0 spiro atoms. The van der Waals surface area contributed by atoms with Crippen LogP contribution in [0.3, 0.4) is 0 Å². The Balaban J connectivity index is 0.718. The summed E-state index contributed by atoms with van der Waals surface area (Å²) in [5, 5.41) is 6.25. The summed E-state index contributed by atoms with van der Waals surface area (Å²) in [5.74, 6) is 0. The van der Waals surface area contributed by atoms with Crippen LogP contribution in [0, 0.1) is 0 Å². The van der Waals surface area contributed by atoms with E-state index in [0.717, 1.165) is 88.8 Å².